The van der Waals surface area contributed by atoms with Crippen LogP contribution in [0.4, 0.5) is 5.69 Å². The Morgan fingerprint density at radius 2 is 2.04 bits per heavy atom. The highest BCUT2D eigenvalue weighted by Crippen LogP contribution is 2.27. The van der Waals surface area contributed by atoms with Gasteiger partial charge in [-0.05, 0) is 30.7 Å². The van der Waals surface area contributed by atoms with Crippen molar-refractivity contribution in [1.29, 1.82) is 0 Å². The molecule has 0 aliphatic rings. The number of nitrogens with zero attached hydrogens (tertiary/aromatic N) is 2. The fourth-order valence-corrected chi connectivity index (χ4v) is 1.91. The van der Waals surface area contributed by atoms with Crippen LogP contribution >= 0.6 is 0 Å². The topological polar surface area (TPSA) is 93.8 Å². The Kier molecular flexibility index (Phi) is 6.01. The molecular formula is C17H17N3O4. The summed E-state index contributed by atoms with van der Waals surface area (Å²) in [6, 6.07) is 13.1. The first-order valence-corrected chi connectivity index (χ1v) is 7.41. The molecular weight excluding hydrogens is 310 g/mol. The SMILES string of the molecule is CCCOc1ccc(/C=N/NC(=O)c2ccccc2)cc1[N+](=O)[O-]. The van der Waals surface area contributed by atoms with E-state index in [1.807, 2.05) is 6.92 Å². The number of nitro groups is 1. The van der Waals surface area contributed by atoms with Gasteiger partial charge in [0.25, 0.3) is 5.91 Å². The highest BCUT2D eigenvalue weighted by Gasteiger charge is 2.15. The van der Waals surface area contributed by atoms with Crippen molar-refractivity contribution in [3.63, 3.8) is 0 Å². The Morgan fingerprint density at radius 1 is 1.29 bits per heavy atom. The second-order valence-electron chi connectivity index (χ2n) is 4.90. The summed E-state index contributed by atoms with van der Waals surface area (Å²) in [5.74, 6) is -0.142. The maximum absolute atomic E-state index is 11.8. The van der Waals surface area contributed by atoms with Crippen LogP contribution in [0, 0.1) is 10.1 Å². The molecule has 0 unspecified atom stereocenters. The molecule has 0 heterocycles. The third-order valence-electron chi connectivity index (χ3n) is 3.06. The Morgan fingerprint density at radius 3 is 2.71 bits per heavy atom. The molecule has 0 aromatic heterocycles. The summed E-state index contributed by atoms with van der Waals surface area (Å²) in [7, 11) is 0. The van der Waals surface area contributed by atoms with E-state index in [1.165, 1.54) is 18.3 Å². The van der Waals surface area contributed by atoms with Gasteiger partial charge in [-0.3, -0.25) is 14.9 Å². The van der Waals surface area contributed by atoms with Crippen molar-refractivity contribution < 1.29 is 14.5 Å². The van der Waals surface area contributed by atoms with Gasteiger partial charge in [0, 0.05) is 17.2 Å². The standard InChI is InChI=1S/C17H17N3O4/c1-2-10-24-16-9-8-13(11-15(16)20(22)23)12-18-19-17(21)14-6-4-3-5-7-14/h3-9,11-12H,2,10H2,1H3,(H,19,21)/b18-12+. The Bertz CT molecular complexity index is 745. The van der Waals surface area contributed by atoms with Crippen LogP contribution in [0.25, 0.3) is 0 Å². The largest absolute Gasteiger partial charge is 0.487 e. The van der Waals surface area contributed by atoms with Gasteiger partial charge in [-0.15, -0.1) is 0 Å². The van der Waals surface area contributed by atoms with E-state index >= 15 is 0 Å². The molecule has 7 heteroatoms. The number of hydrogen-bond donors (Lipinski definition) is 1. The van der Waals surface area contributed by atoms with E-state index < -0.39 is 4.92 Å². The maximum Gasteiger partial charge on any atom is 0.311 e. The van der Waals surface area contributed by atoms with Crippen molar-refractivity contribution in [1.82, 2.24) is 5.43 Å². The second kappa shape index (κ2) is 8.42. The molecule has 0 radical (unpaired) electrons. The quantitative estimate of drug-likeness (QED) is 0.480. The van der Waals surface area contributed by atoms with Crippen molar-refractivity contribution in [2.75, 3.05) is 6.61 Å². The van der Waals surface area contributed by atoms with Gasteiger partial charge in [0.1, 0.15) is 0 Å². The fraction of sp³-hybridized carbons (Fsp3) is 0.176. The number of nitro benzene ring substituents is 1. The predicted octanol–water partition coefficient (Wildman–Crippen LogP) is 3.15. The van der Waals surface area contributed by atoms with Crippen molar-refractivity contribution >= 4 is 17.8 Å². The van der Waals surface area contributed by atoms with E-state index in [0.29, 0.717) is 17.7 Å². The van der Waals surface area contributed by atoms with Crippen LogP contribution < -0.4 is 10.2 Å². The van der Waals surface area contributed by atoms with Crippen LogP contribution in [0.2, 0.25) is 0 Å². The van der Waals surface area contributed by atoms with E-state index in [1.54, 1.807) is 36.4 Å². The molecule has 1 N–H and O–H groups in total. The fourth-order valence-electron chi connectivity index (χ4n) is 1.91. The zero-order valence-electron chi connectivity index (χ0n) is 13.1. The maximum atomic E-state index is 11.8. The summed E-state index contributed by atoms with van der Waals surface area (Å²) in [6.07, 6.45) is 2.10. The van der Waals surface area contributed by atoms with E-state index in [2.05, 4.69) is 10.5 Å². The second-order valence-corrected chi connectivity index (χ2v) is 4.90. The molecule has 0 atom stereocenters. The van der Waals surface area contributed by atoms with Gasteiger partial charge in [-0.1, -0.05) is 25.1 Å². The lowest BCUT2D eigenvalue weighted by Crippen LogP contribution is -2.17. The first kappa shape index (κ1) is 17.1. The molecule has 124 valence electrons. The van der Waals surface area contributed by atoms with Crippen molar-refractivity contribution in [2.24, 2.45) is 5.10 Å². The highest BCUT2D eigenvalue weighted by atomic mass is 16.6. The lowest BCUT2D eigenvalue weighted by atomic mass is 10.2. The van der Waals surface area contributed by atoms with Gasteiger partial charge < -0.3 is 4.74 Å². The van der Waals surface area contributed by atoms with E-state index in [4.69, 9.17) is 4.74 Å². The van der Waals surface area contributed by atoms with Crippen molar-refractivity contribution in [3.8, 4) is 5.75 Å². The number of carbonyl (C=O) groups is 1. The molecule has 0 bridgehead atoms. The van der Waals surface area contributed by atoms with Crippen LogP contribution in [0.1, 0.15) is 29.3 Å². The van der Waals surface area contributed by atoms with Crippen LogP contribution in [0.5, 0.6) is 5.75 Å². The Hall–Kier alpha value is -3.22. The summed E-state index contributed by atoms with van der Waals surface area (Å²) < 4.78 is 5.35. The molecule has 0 fully saturated rings. The van der Waals surface area contributed by atoms with E-state index in [0.717, 1.165) is 6.42 Å². The number of rotatable bonds is 7. The Labute approximate surface area is 139 Å². The monoisotopic (exact) mass is 327 g/mol. The molecule has 24 heavy (non-hydrogen) atoms. The van der Waals surface area contributed by atoms with Crippen LogP contribution in [-0.4, -0.2) is 23.7 Å². The lowest BCUT2D eigenvalue weighted by Gasteiger charge is -2.05. The molecule has 1 amide bonds. The normalized spacial score (nSPS) is 10.5. The minimum Gasteiger partial charge on any atom is -0.487 e. The number of hydrogen-bond acceptors (Lipinski definition) is 5. The van der Waals surface area contributed by atoms with Gasteiger partial charge in [0.05, 0.1) is 17.7 Å². The van der Waals surface area contributed by atoms with Crippen LogP contribution in [-0.2, 0) is 0 Å². The lowest BCUT2D eigenvalue weighted by molar-refractivity contribution is -0.385. The average molecular weight is 327 g/mol. The minimum absolute atomic E-state index is 0.137. The summed E-state index contributed by atoms with van der Waals surface area (Å²) in [5, 5.41) is 14.9. The summed E-state index contributed by atoms with van der Waals surface area (Å²) in [4.78, 5) is 22.4. The van der Waals surface area contributed by atoms with Gasteiger partial charge >= 0.3 is 5.69 Å². The molecule has 0 saturated carbocycles. The van der Waals surface area contributed by atoms with Gasteiger partial charge in [0.2, 0.25) is 0 Å². The molecule has 0 aliphatic heterocycles. The van der Waals surface area contributed by atoms with Gasteiger partial charge in [0.15, 0.2) is 5.75 Å². The third kappa shape index (κ3) is 4.64. The molecule has 2 aromatic rings. The van der Waals surface area contributed by atoms with Crippen molar-refractivity contribution in [3.05, 3.63) is 69.8 Å². The number of ether oxygens (including phenoxy) is 1. The molecule has 0 aliphatic carbocycles. The molecule has 2 rings (SSSR count). The van der Waals surface area contributed by atoms with Crippen LogP contribution in [0.3, 0.4) is 0 Å². The van der Waals surface area contributed by atoms with Crippen LogP contribution in [0.15, 0.2) is 53.6 Å². The van der Waals surface area contributed by atoms with Gasteiger partial charge in [-0.25, -0.2) is 5.43 Å². The van der Waals surface area contributed by atoms with Gasteiger partial charge in [-0.2, -0.15) is 5.10 Å². The number of nitrogens with one attached hydrogen (secondary N) is 1. The number of amides is 1. The summed E-state index contributed by atoms with van der Waals surface area (Å²) in [5.41, 5.74) is 3.20. The van der Waals surface area contributed by atoms with Crippen molar-refractivity contribution in [2.45, 2.75) is 13.3 Å². The predicted molar refractivity (Wildman–Crippen MR) is 90.4 cm³/mol. The first-order valence-electron chi connectivity index (χ1n) is 7.41. The zero-order chi connectivity index (χ0) is 17.4. The smallest absolute Gasteiger partial charge is 0.311 e. The molecule has 0 saturated heterocycles. The summed E-state index contributed by atoms with van der Waals surface area (Å²) >= 11 is 0. The third-order valence-corrected chi connectivity index (χ3v) is 3.06. The molecule has 2 aromatic carbocycles. The zero-order valence-corrected chi connectivity index (χ0v) is 13.1. The minimum atomic E-state index is -0.509. The number of carbonyl (C=O) groups excluding carboxylic acids is 1. The average Bonchev–Trinajstić information content (AvgIpc) is 2.61. The highest BCUT2D eigenvalue weighted by molar-refractivity contribution is 5.94. The molecule has 7 nitrogen and oxygen atoms in total. The van der Waals surface area contributed by atoms with E-state index in [9.17, 15) is 14.9 Å². The summed E-state index contributed by atoms with van der Waals surface area (Å²) in [6.45, 7) is 2.32. The number of benzene rings is 2. The first-order chi connectivity index (χ1) is 11.6. The Balaban J connectivity index is 2.07. The van der Waals surface area contributed by atoms with E-state index in [-0.39, 0.29) is 17.3 Å². The number of hydrazone groups is 1. The molecule has 0 spiro atoms.